The van der Waals surface area contributed by atoms with Crippen LogP contribution in [0.4, 0.5) is 0 Å². The molecule has 1 saturated heterocycles. The van der Waals surface area contributed by atoms with E-state index in [-0.39, 0.29) is 21.0 Å². The second-order valence-electron chi connectivity index (χ2n) is 7.37. The Morgan fingerprint density at radius 1 is 0.733 bits per heavy atom. The first kappa shape index (κ1) is 21.3. The maximum absolute atomic E-state index is 13.2. The normalized spacial score (nSPS) is 16.1. The number of rotatable bonds is 5. The molecule has 3 aromatic rings. The van der Waals surface area contributed by atoms with Crippen LogP contribution in [-0.2, 0) is 10.0 Å². The summed E-state index contributed by atoms with van der Waals surface area (Å²) in [7, 11) is -3.75. The summed E-state index contributed by atoms with van der Waals surface area (Å²) in [4.78, 5) is 1.34. The lowest BCUT2D eigenvalue weighted by molar-refractivity contribution is -0.929. The van der Waals surface area contributed by atoms with Gasteiger partial charge in [-0.3, -0.25) is 0 Å². The van der Waals surface area contributed by atoms with Crippen LogP contribution in [-0.4, -0.2) is 38.9 Å². The number of hydrogen-bond donors (Lipinski definition) is 1. The summed E-state index contributed by atoms with van der Waals surface area (Å²) in [5, 5.41) is 0.312. The molecule has 0 aliphatic carbocycles. The van der Waals surface area contributed by atoms with Crippen molar-refractivity contribution in [1.29, 1.82) is 0 Å². The first-order chi connectivity index (χ1) is 14.5. The minimum absolute atomic E-state index is 0.000507. The summed E-state index contributed by atoms with van der Waals surface area (Å²) in [5.74, 6) is 0. The van der Waals surface area contributed by atoms with Crippen molar-refractivity contribution in [3.8, 4) is 0 Å². The molecule has 4 rings (SSSR count). The van der Waals surface area contributed by atoms with E-state index < -0.39 is 10.0 Å². The van der Waals surface area contributed by atoms with Crippen molar-refractivity contribution in [2.24, 2.45) is 0 Å². The molecular formula is C23H23Cl2N2O2S+. The quantitative estimate of drug-likeness (QED) is 0.629. The Bertz CT molecular complexity index is 1040. The van der Waals surface area contributed by atoms with Crippen molar-refractivity contribution < 1.29 is 13.3 Å². The van der Waals surface area contributed by atoms with Crippen molar-refractivity contribution in [2.75, 3.05) is 26.2 Å². The fourth-order valence-corrected chi connectivity index (χ4v) is 6.65. The van der Waals surface area contributed by atoms with Gasteiger partial charge >= 0.3 is 0 Å². The van der Waals surface area contributed by atoms with E-state index >= 15 is 0 Å². The van der Waals surface area contributed by atoms with Crippen molar-refractivity contribution in [3.05, 3.63) is 100 Å². The Kier molecular flexibility index (Phi) is 6.46. The zero-order valence-corrected chi connectivity index (χ0v) is 18.7. The molecule has 0 bridgehead atoms. The van der Waals surface area contributed by atoms with E-state index in [4.69, 9.17) is 23.2 Å². The topological polar surface area (TPSA) is 41.8 Å². The highest BCUT2D eigenvalue weighted by Gasteiger charge is 2.36. The van der Waals surface area contributed by atoms with Gasteiger partial charge in [0.1, 0.15) is 10.9 Å². The molecule has 7 heteroatoms. The Morgan fingerprint density at radius 2 is 1.20 bits per heavy atom. The van der Waals surface area contributed by atoms with Gasteiger partial charge in [-0.2, -0.15) is 4.31 Å². The predicted molar refractivity (Wildman–Crippen MR) is 121 cm³/mol. The third-order valence-electron chi connectivity index (χ3n) is 5.56. The summed E-state index contributed by atoms with van der Waals surface area (Å²) < 4.78 is 27.9. The van der Waals surface area contributed by atoms with Gasteiger partial charge in [-0.05, 0) is 12.1 Å². The highest BCUT2D eigenvalue weighted by atomic mass is 35.5. The summed E-state index contributed by atoms with van der Waals surface area (Å²) in [6, 6.07) is 25.7. The monoisotopic (exact) mass is 461 g/mol. The number of piperazine rings is 1. The molecule has 0 amide bonds. The second kappa shape index (κ2) is 9.08. The zero-order chi connectivity index (χ0) is 21.1. The van der Waals surface area contributed by atoms with E-state index in [0.29, 0.717) is 26.2 Å². The van der Waals surface area contributed by atoms with Crippen molar-refractivity contribution in [1.82, 2.24) is 4.31 Å². The van der Waals surface area contributed by atoms with Crippen LogP contribution < -0.4 is 4.90 Å². The number of nitrogens with zero attached hydrogens (tertiary/aromatic N) is 1. The van der Waals surface area contributed by atoms with Gasteiger partial charge < -0.3 is 4.90 Å². The second-order valence-corrected chi connectivity index (χ2v) is 10.1. The van der Waals surface area contributed by atoms with Gasteiger partial charge in [-0.15, -0.1) is 0 Å². The molecule has 0 unspecified atom stereocenters. The number of quaternary nitrogens is 1. The number of halogens is 2. The molecule has 1 aliphatic rings. The summed E-state index contributed by atoms with van der Waals surface area (Å²) in [6.07, 6.45) is 0. The summed E-state index contributed by atoms with van der Waals surface area (Å²) in [5.41, 5.74) is 2.45. The predicted octanol–water partition coefficient (Wildman–Crippen LogP) is 3.67. The SMILES string of the molecule is O=S(=O)(c1c(Cl)cccc1Cl)N1CC[NH+](C(c2ccccc2)c2ccccc2)CC1. The van der Waals surface area contributed by atoms with Gasteiger partial charge in [0.05, 0.1) is 36.2 Å². The van der Waals surface area contributed by atoms with Crippen LogP contribution in [0.1, 0.15) is 17.2 Å². The molecule has 0 radical (unpaired) electrons. The van der Waals surface area contributed by atoms with Gasteiger partial charge in [0.2, 0.25) is 10.0 Å². The largest absolute Gasteiger partial charge is 0.323 e. The van der Waals surface area contributed by atoms with Crippen LogP contribution in [0, 0.1) is 0 Å². The first-order valence-corrected chi connectivity index (χ1v) is 12.1. The molecule has 0 atom stereocenters. The molecule has 4 nitrogen and oxygen atoms in total. The highest BCUT2D eigenvalue weighted by molar-refractivity contribution is 7.89. The van der Waals surface area contributed by atoms with Crippen LogP contribution in [0.25, 0.3) is 0 Å². The zero-order valence-electron chi connectivity index (χ0n) is 16.3. The van der Waals surface area contributed by atoms with Crippen LogP contribution in [0.2, 0.25) is 10.0 Å². The maximum Gasteiger partial charge on any atom is 0.246 e. The Labute approximate surface area is 187 Å². The van der Waals surface area contributed by atoms with E-state index in [1.807, 2.05) is 36.4 Å². The average molecular weight is 462 g/mol. The average Bonchev–Trinajstić information content (AvgIpc) is 2.76. The molecule has 0 aromatic heterocycles. The van der Waals surface area contributed by atoms with Crippen LogP contribution in [0.5, 0.6) is 0 Å². The van der Waals surface area contributed by atoms with Crippen molar-refractivity contribution in [2.45, 2.75) is 10.9 Å². The fraction of sp³-hybridized carbons (Fsp3) is 0.217. The van der Waals surface area contributed by atoms with Crippen LogP contribution >= 0.6 is 23.2 Å². The molecule has 3 aromatic carbocycles. The molecule has 1 heterocycles. The molecule has 1 N–H and O–H groups in total. The molecular weight excluding hydrogens is 439 g/mol. The first-order valence-electron chi connectivity index (χ1n) is 9.87. The lowest BCUT2D eigenvalue weighted by atomic mass is 9.96. The number of benzene rings is 3. The smallest absolute Gasteiger partial charge is 0.246 e. The third kappa shape index (κ3) is 4.27. The minimum Gasteiger partial charge on any atom is -0.323 e. The summed E-state index contributed by atoms with van der Waals surface area (Å²) in [6.45, 7) is 2.20. The van der Waals surface area contributed by atoms with Gasteiger partial charge in [-0.1, -0.05) is 89.9 Å². The van der Waals surface area contributed by atoms with E-state index in [1.165, 1.54) is 20.3 Å². The Hall–Kier alpha value is -1.89. The van der Waals surface area contributed by atoms with Crippen molar-refractivity contribution in [3.63, 3.8) is 0 Å². The van der Waals surface area contributed by atoms with E-state index in [1.54, 1.807) is 18.2 Å². The van der Waals surface area contributed by atoms with E-state index in [2.05, 4.69) is 24.3 Å². The van der Waals surface area contributed by atoms with Gasteiger partial charge in [0.15, 0.2) is 0 Å². The Balaban J connectivity index is 1.58. The van der Waals surface area contributed by atoms with Crippen molar-refractivity contribution >= 4 is 33.2 Å². The standard InChI is InChI=1S/C23H22Cl2N2O2S/c24-20-12-7-13-21(25)23(20)30(28,29)27-16-14-26(15-17-27)22(18-8-3-1-4-9-18)19-10-5-2-6-11-19/h1-13,22H,14-17H2/p+1. The highest BCUT2D eigenvalue weighted by Crippen LogP contribution is 2.31. The van der Waals surface area contributed by atoms with E-state index in [9.17, 15) is 8.42 Å². The molecule has 0 saturated carbocycles. The van der Waals surface area contributed by atoms with Crippen LogP contribution in [0.15, 0.2) is 83.8 Å². The lowest BCUT2D eigenvalue weighted by Gasteiger charge is -2.36. The molecule has 1 fully saturated rings. The molecule has 156 valence electrons. The van der Waals surface area contributed by atoms with Gasteiger partial charge in [0, 0.05) is 11.1 Å². The van der Waals surface area contributed by atoms with Gasteiger partial charge in [0.25, 0.3) is 0 Å². The fourth-order valence-electron chi connectivity index (χ4n) is 4.12. The van der Waals surface area contributed by atoms with E-state index in [0.717, 1.165) is 0 Å². The molecule has 30 heavy (non-hydrogen) atoms. The summed E-state index contributed by atoms with van der Waals surface area (Å²) >= 11 is 12.4. The lowest BCUT2D eigenvalue weighted by Crippen LogP contribution is -3.15. The third-order valence-corrected chi connectivity index (χ3v) is 8.41. The number of nitrogens with one attached hydrogen (secondary N) is 1. The number of hydrogen-bond acceptors (Lipinski definition) is 2. The maximum atomic E-state index is 13.2. The molecule has 0 spiro atoms. The Morgan fingerprint density at radius 3 is 1.67 bits per heavy atom. The molecule has 1 aliphatic heterocycles. The number of sulfonamides is 1. The minimum atomic E-state index is -3.75. The van der Waals surface area contributed by atoms with Crippen LogP contribution in [0.3, 0.4) is 0 Å². The van der Waals surface area contributed by atoms with Gasteiger partial charge in [-0.25, -0.2) is 8.42 Å².